The van der Waals surface area contributed by atoms with Crippen LogP contribution in [0, 0.1) is 0 Å². The summed E-state index contributed by atoms with van der Waals surface area (Å²) in [6.07, 6.45) is 1.33. The first-order valence-electron chi connectivity index (χ1n) is 4.63. The van der Waals surface area contributed by atoms with Gasteiger partial charge in [-0.15, -0.1) is 4.40 Å². The molecule has 8 heteroatoms. The number of rotatable bonds is 2. The molecule has 0 saturated heterocycles. The van der Waals surface area contributed by atoms with Crippen LogP contribution in [0.4, 0.5) is 5.69 Å². The topological polar surface area (TPSA) is 140 Å². The van der Waals surface area contributed by atoms with Gasteiger partial charge in [0.15, 0.2) is 0 Å². The summed E-state index contributed by atoms with van der Waals surface area (Å²) in [6.45, 7) is 0. The second-order valence-corrected chi connectivity index (χ2v) is 5.02. The number of nitrogens with one attached hydrogen (secondary N) is 1. The van der Waals surface area contributed by atoms with Gasteiger partial charge in [0, 0.05) is 22.8 Å². The number of sulfonamides is 1. The van der Waals surface area contributed by atoms with Gasteiger partial charge in [-0.05, 0) is 18.2 Å². The number of fused-ring (bicyclic) bond motifs is 1. The van der Waals surface area contributed by atoms with Crippen molar-refractivity contribution in [3.05, 3.63) is 24.4 Å². The molecular formula is C9H11N5O2S. The third-order valence-corrected chi connectivity index (χ3v) is 3.52. The van der Waals surface area contributed by atoms with Crippen LogP contribution >= 0.6 is 0 Å². The average molecular weight is 253 g/mol. The first-order chi connectivity index (χ1) is 7.90. The molecule has 0 atom stereocenters. The van der Waals surface area contributed by atoms with Gasteiger partial charge in [-0.25, -0.2) is 0 Å². The number of nitrogens with two attached hydrogens (primary N) is 3. The summed E-state index contributed by atoms with van der Waals surface area (Å²) in [5, 5.41) is 0.454. The number of benzene rings is 1. The molecule has 0 fully saturated rings. The summed E-state index contributed by atoms with van der Waals surface area (Å²) in [7, 11) is -3.91. The lowest BCUT2D eigenvalue weighted by Crippen LogP contribution is -2.24. The van der Waals surface area contributed by atoms with E-state index in [1.54, 1.807) is 18.2 Å². The van der Waals surface area contributed by atoms with E-state index in [1.807, 2.05) is 0 Å². The Balaban J connectivity index is 2.72. The van der Waals surface area contributed by atoms with Gasteiger partial charge in [0.1, 0.15) is 4.90 Å². The van der Waals surface area contributed by atoms with Crippen molar-refractivity contribution >= 4 is 32.6 Å². The molecule has 17 heavy (non-hydrogen) atoms. The molecule has 0 saturated carbocycles. The fourth-order valence-electron chi connectivity index (χ4n) is 1.51. The van der Waals surface area contributed by atoms with Crippen LogP contribution in [0.2, 0.25) is 0 Å². The van der Waals surface area contributed by atoms with Gasteiger partial charge in [0.2, 0.25) is 5.96 Å². The van der Waals surface area contributed by atoms with Crippen molar-refractivity contribution in [3.63, 3.8) is 0 Å². The molecule has 1 heterocycles. The highest BCUT2D eigenvalue weighted by molar-refractivity contribution is 7.90. The summed E-state index contributed by atoms with van der Waals surface area (Å²) in [6, 6.07) is 4.88. The number of hydrogen-bond acceptors (Lipinski definition) is 3. The van der Waals surface area contributed by atoms with Crippen molar-refractivity contribution in [1.29, 1.82) is 0 Å². The number of aromatic nitrogens is 1. The molecular weight excluding hydrogens is 242 g/mol. The predicted octanol–water partition coefficient (Wildman–Crippen LogP) is -0.288. The quantitative estimate of drug-likeness (QED) is 0.331. The molecule has 0 radical (unpaired) electrons. The van der Waals surface area contributed by atoms with Gasteiger partial charge in [-0.2, -0.15) is 8.42 Å². The molecule has 0 unspecified atom stereocenters. The molecule has 0 aliphatic carbocycles. The molecule has 2 aromatic rings. The van der Waals surface area contributed by atoms with Crippen LogP contribution in [0.1, 0.15) is 0 Å². The Morgan fingerprint density at radius 3 is 2.65 bits per heavy atom. The lowest BCUT2D eigenvalue weighted by atomic mass is 10.2. The maximum Gasteiger partial charge on any atom is 0.287 e. The Kier molecular flexibility index (Phi) is 2.43. The van der Waals surface area contributed by atoms with E-state index in [9.17, 15) is 8.42 Å². The minimum Gasteiger partial charge on any atom is -0.399 e. The van der Waals surface area contributed by atoms with E-state index in [4.69, 9.17) is 17.2 Å². The average Bonchev–Trinajstić information content (AvgIpc) is 2.58. The van der Waals surface area contributed by atoms with Crippen molar-refractivity contribution in [3.8, 4) is 0 Å². The molecule has 90 valence electrons. The summed E-state index contributed by atoms with van der Waals surface area (Å²) in [4.78, 5) is 2.80. The van der Waals surface area contributed by atoms with Crippen molar-refractivity contribution in [2.24, 2.45) is 15.9 Å². The zero-order chi connectivity index (χ0) is 12.6. The van der Waals surface area contributed by atoms with Gasteiger partial charge >= 0.3 is 0 Å². The fraction of sp³-hybridized carbons (Fsp3) is 0. The predicted molar refractivity (Wildman–Crippen MR) is 65.7 cm³/mol. The first kappa shape index (κ1) is 11.3. The van der Waals surface area contributed by atoms with Crippen LogP contribution in [0.25, 0.3) is 10.9 Å². The molecule has 0 aliphatic rings. The van der Waals surface area contributed by atoms with E-state index in [0.29, 0.717) is 16.6 Å². The van der Waals surface area contributed by atoms with Crippen LogP contribution in [-0.2, 0) is 10.0 Å². The van der Waals surface area contributed by atoms with Crippen molar-refractivity contribution in [2.75, 3.05) is 5.73 Å². The zero-order valence-electron chi connectivity index (χ0n) is 8.71. The minimum atomic E-state index is -3.91. The van der Waals surface area contributed by atoms with Gasteiger partial charge in [0.05, 0.1) is 0 Å². The Labute approximate surface area is 97.4 Å². The highest BCUT2D eigenvalue weighted by Crippen LogP contribution is 2.25. The molecule has 0 aliphatic heterocycles. The van der Waals surface area contributed by atoms with Gasteiger partial charge < -0.3 is 22.2 Å². The number of H-pyrrole nitrogens is 1. The summed E-state index contributed by atoms with van der Waals surface area (Å²) in [5.41, 5.74) is 16.8. The summed E-state index contributed by atoms with van der Waals surface area (Å²) >= 11 is 0. The fourth-order valence-corrected chi connectivity index (χ4v) is 2.54. The lowest BCUT2D eigenvalue weighted by molar-refractivity contribution is 0.599. The largest absolute Gasteiger partial charge is 0.399 e. The SMILES string of the molecule is NC(N)=NS(=O)(=O)c1c[nH]c2ccc(N)cc12. The second kappa shape index (κ2) is 3.67. The van der Waals surface area contributed by atoms with Crippen LogP contribution in [0.15, 0.2) is 33.7 Å². The lowest BCUT2D eigenvalue weighted by Gasteiger charge is -1.98. The molecule has 7 N–H and O–H groups in total. The van der Waals surface area contributed by atoms with E-state index in [1.165, 1.54) is 6.20 Å². The molecule has 0 amide bonds. The number of guanidine groups is 1. The standard InChI is InChI=1S/C9H11N5O2S/c10-5-1-2-7-6(3-5)8(4-13-7)17(15,16)14-9(11)12/h1-4,13H,10H2,(H4,11,12,14). The Morgan fingerprint density at radius 2 is 2.00 bits per heavy atom. The van der Waals surface area contributed by atoms with Gasteiger partial charge in [-0.1, -0.05) is 0 Å². The smallest absolute Gasteiger partial charge is 0.287 e. The molecule has 0 spiro atoms. The third-order valence-electron chi connectivity index (χ3n) is 2.17. The zero-order valence-corrected chi connectivity index (χ0v) is 9.53. The number of anilines is 1. The molecule has 1 aromatic carbocycles. The van der Waals surface area contributed by atoms with Gasteiger partial charge in [0.25, 0.3) is 10.0 Å². The Hall–Kier alpha value is -2.22. The van der Waals surface area contributed by atoms with E-state index < -0.39 is 16.0 Å². The minimum absolute atomic E-state index is 0.00630. The van der Waals surface area contributed by atoms with E-state index in [0.717, 1.165) is 0 Å². The maximum absolute atomic E-state index is 11.8. The van der Waals surface area contributed by atoms with Crippen LogP contribution in [0.5, 0.6) is 0 Å². The molecule has 7 nitrogen and oxygen atoms in total. The van der Waals surface area contributed by atoms with E-state index in [-0.39, 0.29) is 4.90 Å². The normalized spacial score (nSPS) is 11.5. The summed E-state index contributed by atoms with van der Waals surface area (Å²) < 4.78 is 26.9. The van der Waals surface area contributed by atoms with E-state index >= 15 is 0 Å². The monoisotopic (exact) mass is 253 g/mol. The third kappa shape index (κ3) is 2.02. The number of aromatic amines is 1. The van der Waals surface area contributed by atoms with E-state index in [2.05, 4.69) is 9.38 Å². The number of nitrogens with zero attached hydrogens (tertiary/aromatic N) is 1. The second-order valence-electron chi connectivity index (χ2n) is 3.45. The van der Waals surface area contributed by atoms with Crippen LogP contribution < -0.4 is 17.2 Å². The van der Waals surface area contributed by atoms with Crippen molar-refractivity contribution < 1.29 is 8.42 Å². The van der Waals surface area contributed by atoms with Crippen molar-refractivity contribution in [1.82, 2.24) is 4.98 Å². The van der Waals surface area contributed by atoms with Gasteiger partial charge in [-0.3, -0.25) is 0 Å². The van der Waals surface area contributed by atoms with Crippen molar-refractivity contribution in [2.45, 2.75) is 4.90 Å². The number of hydrogen-bond donors (Lipinski definition) is 4. The highest BCUT2D eigenvalue weighted by Gasteiger charge is 2.18. The highest BCUT2D eigenvalue weighted by atomic mass is 32.2. The molecule has 1 aromatic heterocycles. The number of nitrogen functional groups attached to an aromatic ring is 1. The Bertz CT molecular complexity index is 697. The van der Waals surface area contributed by atoms with Crippen LogP contribution in [-0.4, -0.2) is 19.4 Å². The molecule has 0 bridgehead atoms. The molecule has 2 rings (SSSR count). The summed E-state index contributed by atoms with van der Waals surface area (Å²) in [5.74, 6) is -0.511. The Morgan fingerprint density at radius 1 is 1.29 bits per heavy atom. The van der Waals surface area contributed by atoms with Crippen LogP contribution in [0.3, 0.4) is 0 Å². The maximum atomic E-state index is 11.8. The first-order valence-corrected chi connectivity index (χ1v) is 6.07.